The third-order valence-electron chi connectivity index (χ3n) is 1.50. The van der Waals surface area contributed by atoms with Crippen LogP contribution in [-0.4, -0.2) is 26.7 Å². The molecule has 0 radical (unpaired) electrons. The first-order chi connectivity index (χ1) is 5.40. The van der Waals surface area contributed by atoms with Crippen molar-refractivity contribution >= 4 is 14.0 Å². The highest BCUT2D eigenvalue weighted by Crippen LogP contribution is 2.18. The van der Waals surface area contributed by atoms with Gasteiger partial charge in [0.25, 0.3) is 0 Å². The van der Waals surface area contributed by atoms with Crippen LogP contribution in [0.2, 0.25) is 19.1 Å². The average Bonchev–Trinajstić information content (AvgIpc) is 1.85. The molecule has 5 heteroatoms. The van der Waals surface area contributed by atoms with Crippen molar-refractivity contribution in [3.63, 3.8) is 0 Å². The molecule has 0 saturated heterocycles. The van der Waals surface area contributed by atoms with Gasteiger partial charge in [-0.2, -0.15) is 0 Å². The quantitative estimate of drug-likeness (QED) is 0.508. The second-order valence-electron chi connectivity index (χ2n) is 3.27. The lowest BCUT2D eigenvalue weighted by Gasteiger charge is -2.18. The van der Waals surface area contributed by atoms with E-state index >= 15 is 0 Å². The summed E-state index contributed by atoms with van der Waals surface area (Å²) >= 11 is 0. The summed E-state index contributed by atoms with van der Waals surface area (Å²) in [5.41, 5.74) is 0. The minimum Gasteiger partial charge on any atom is -0.466 e. The minimum atomic E-state index is -2.69. The number of hydrogen-bond acceptors (Lipinski definition) is 2. The summed E-state index contributed by atoms with van der Waals surface area (Å²) in [5, 5.41) is 0. The number of hydrogen-bond donors (Lipinski definition) is 0. The van der Waals surface area contributed by atoms with E-state index in [4.69, 9.17) is 0 Å². The average molecular weight is 196 g/mol. The summed E-state index contributed by atoms with van der Waals surface area (Å²) in [5.74, 6) is -0.505. The van der Waals surface area contributed by atoms with E-state index in [9.17, 15) is 13.6 Å². The maximum Gasteiger partial charge on any atom is 0.303 e. The van der Waals surface area contributed by atoms with Crippen LogP contribution in [0, 0.1) is 0 Å². The van der Waals surface area contributed by atoms with Crippen LogP contribution >= 0.6 is 0 Å². The lowest BCUT2D eigenvalue weighted by atomic mass is 10.8. The minimum absolute atomic E-state index is 0.0987. The number of halogens is 2. The molecule has 0 aromatic heterocycles. The van der Waals surface area contributed by atoms with Crippen molar-refractivity contribution in [3.05, 3.63) is 0 Å². The highest BCUT2D eigenvalue weighted by atomic mass is 28.3. The van der Waals surface area contributed by atoms with Crippen LogP contribution < -0.4 is 0 Å². The molecule has 0 aliphatic rings. The summed E-state index contributed by atoms with van der Waals surface area (Å²) < 4.78 is 29.1. The number of ether oxygens (including phenoxy) is 1. The van der Waals surface area contributed by atoms with Gasteiger partial charge >= 0.3 is 5.97 Å². The van der Waals surface area contributed by atoms with Crippen LogP contribution in [0.5, 0.6) is 0 Å². The molecule has 0 fully saturated rings. The van der Waals surface area contributed by atoms with E-state index in [2.05, 4.69) is 4.74 Å². The van der Waals surface area contributed by atoms with Crippen molar-refractivity contribution in [3.8, 4) is 0 Å². The van der Waals surface area contributed by atoms with E-state index < -0.39 is 20.1 Å². The monoisotopic (exact) mass is 196 g/mol. The molecule has 12 heavy (non-hydrogen) atoms. The maximum atomic E-state index is 12.3. The van der Waals surface area contributed by atoms with Gasteiger partial charge in [0, 0.05) is 6.04 Å². The van der Waals surface area contributed by atoms with Gasteiger partial charge in [0.1, 0.15) is 8.07 Å². The molecule has 0 aliphatic carbocycles. The van der Waals surface area contributed by atoms with Crippen LogP contribution in [0.1, 0.15) is 6.92 Å². The van der Waals surface area contributed by atoms with E-state index in [-0.39, 0.29) is 12.7 Å². The Morgan fingerprint density at radius 1 is 1.50 bits per heavy atom. The van der Waals surface area contributed by atoms with Crippen LogP contribution in [0.15, 0.2) is 0 Å². The zero-order chi connectivity index (χ0) is 9.78. The third kappa shape index (κ3) is 3.80. The fraction of sp³-hybridized carbons (Fsp3) is 0.857. The molecular weight excluding hydrogens is 182 g/mol. The highest BCUT2D eigenvalue weighted by Gasteiger charge is 2.35. The van der Waals surface area contributed by atoms with Crippen LogP contribution in [-0.2, 0) is 9.53 Å². The van der Waals surface area contributed by atoms with Gasteiger partial charge in [-0.05, 0) is 6.92 Å². The van der Waals surface area contributed by atoms with Crippen molar-refractivity contribution < 1.29 is 18.3 Å². The molecule has 0 spiro atoms. The Hall–Kier alpha value is -0.453. The standard InChI is InChI=1S/C7H14F2O2Si/c1-4-11-6(10)5-12(2,3)7(8)9/h7H,4-5H2,1-3H3. The SMILES string of the molecule is CCOC(=O)C[Si](C)(C)C(F)F. The molecule has 0 aromatic carbocycles. The topological polar surface area (TPSA) is 26.3 Å². The Balaban J connectivity index is 3.97. The summed E-state index contributed by atoms with van der Waals surface area (Å²) in [6.07, 6.45) is 0. The predicted octanol–water partition coefficient (Wildman–Crippen LogP) is 2.06. The number of carbonyl (C=O) groups excluding carboxylic acids is 1. The molecule has 72 valence electrons. The summed E-state index contributed by atoms with van der Waals surface area (Å²) in [6, 6.07) is -2.46. The van der Waals surface area contributed by atoms with Crippen molar-refractivity contribution in [1.82, 2.24) is 0 Å². The van der Waals surface area contributed by atoms with E-state index in [0.717, 1.165) is 0 Å². The number of esters is 1. The Bertz CT molecular complexity index is 159. The molecule has 0 heterocycles. The van der Waals surface area contributed by atoms with Gasteiger partial charge in [-0.25, -0.2) is 8.78 Å². The molecule has 0 atom stereocenters. The van der Waals surface area contributed by atoms with Gasteiger partial charge in [-0.3, -0.25) is 4.79 Å². The first-order valence-electron chi connectivity index (χ1n) is 3.84. The first-order valence-corrected chi connectivity index (χ1v) is 7.12. The van der Waals surface area contributed by atoms with Crippen LogP contribution in [0.25, 0.3) is 0 Å². The zero-order valence-corrected chi connectivity index (χ0v) is 8.56. The summed E-state index contributed by atoms with van der Waals surface area (Å²) in [4.78, 5) is 10.8. The number of carbonyl (C=O) groups is 1. The Morgan fingerprint density at radius 3 is 2.33 bits per heavy atom. The van der Waals surface area contributed by atoms with Gasteiger partial charge in [0.2, 0.25) is 6.05 Å². The van der Waals surface area contributed by atoms with Crippen molar-refractivity contribution in [2.24, 2.45) is 0 Å². The molecule has 0 aliphatic heterocycles. The molecule has 0 bridgehead atoms. The second kappa shape index (κ2) is 4.54. The predicted molar refractivity (Wildman–Crippen MR) is 44.9 cm³/mol. The zero-order valence-electron chi connectivity index (χ0n) is 7.56. The second-order valence-corrected chi connectivity index (χ2v) is 8.04. The van der Waals surface area contributed by atoms with E-state index in [1.54, 1.807) is 6.92 Å². The largest absolute Gasteiger partial charge is 0.466 e. The fourth-order valence-electron chi connectivity index (χ4n) is 0.661. The lowest BCUT2D eigenvalue weighted by Crippen LogP contribution is -2.38. The van der Waals surface area contributed by atoms with Gasteiger partial charge < -0.3 is 4.74 Å². The van der Waals surface area contributed by atoms with Gasteiger partial charge in [-0.15, -0.1) is 0 Å². The highest BCUT2D eigenvalue weighted by molar-refractivity contribution is 6.80. The Kier molecular flexibility index (Phi) is 4.37. The smallest absolute Gasteiger partial charge is 0.303 e. The molecule has 0 aromatic rings. The van der Waals surface area contributed by atoms with Crippen molar-refractivity contribution in [2.45, 2.75) is 32.1 Å². The molecular formula is C7H14F2O2Si. The molecule has 0 saturated carbocycles. The summed E-state index contributed by atoms with van der Waals surface area (Å²) in [6.45, 7) is 4.88. The van der Waals surface area contributed by atoms with Crippen molar-refractivity contribution in [1.29, 1.82) is 0 Å². The summed E-state index contributed by atoms with van der Waals surface area (Å²) in [7, 11) is -2.69. The van der Waals surface area contributed by atoms with Gasteiger partial charge in [0.05, 0.1) is 6.61 Å². The molecule has 0 unspecified atom stereocenters. The normalized spacial score (nSPS) is 11.8. The van der Waals surface area contributed by atoms with Gasteiger partial charge in [0.15, 0.2) is 0 Å². The fourth-order valence-corrected chi connectivity index (χ4v) is 1.66. The molecule has 0 rings (SSSR count). The Morgan fingerprint density at radius 2 is 2.00 bits per heavy atom. The van der Waals surface area contributed by atoms with E-state index in [0.29, 0.717) is 0 Å². The Labute approximate surface area is 71.9 Å². The van der Waals surface area contributed by atoms with Gasteiger partial charge in [-0.1, -0.05) is 13.1 Å². The number of alkyl halides is 2. The van der Waals surface area contributed by atoms with Crippen molar-refractivity contribution in [2.75, 3.05) is 6.61 Å². The van der Waals surface area contributed by atoms with E-state index in [1.807, 2.05) is 0 Å². The van der Waals surface area contributed by atoms with Crippen LogP contribution in [0.3, 0.4) is 0 Å². The third-order valence-corrected chi connectivity index (χ3v) is 3.88. The van der Waals surface area contributed by atoms with E-state index in [1.165, 1.54) is 13.1 Å². The number of rotatable bonds is 4. The first kappa shape index (κ1) is 11.5. The maximum absolute atomic E-state index is 12.3. The lowest BCUT2D eigenvalue weighted by molar-refractivity contribution is -0.140. The molecule has 2 nitrogen and oxygen atoms in total. The molecule has 0 N–H and O–H groups in total. The van der Waals surface area contributed by atoms with Crippen LogP contribution in [0.4, 0.5) is 8.78 Å². The molecule has 0 amide bonds.